The molecule has 104 valence electrons. The summed E-state index contributed by atoms with van der Waals surface area (Å²) >= 11 is 0. The van der Waals surface area contributed by atoms with Gasteiger partial charge in [0.2, 0.25) is 0 Å². The van der Waals surface area contributed by atoms with Gasteiger partial charge in [-0.25, -0.2) is 15.0 Å². The largest absolute Gasteiger partial charge is 0.325 e. The van der Waals surface area contributed by atoms with Crippen molar-refractivity contribution >= 4 is 11.6 Å². The molecule has 2 aromatic rings. The second-order valence-electron chi connectivity index (χ2n) is 5.07. The second kappa shape index (κ2) is 5.96. The maximum Gasteiger partial charge on any atom is 0.135 e. The van der Waals surface area contributed by atoms with Gasteiger partial charge in [-0.15, -0.1) is 0 Å². The van der Waals surface area contributed by atoms with Crippen LogP contribution in [0.2, 0.25) is 0 Å². The van der Waals surface area contributed by atoms with Gasteiger partial charge in [-0.05, 0) is 38.4 Å². The molecule has 3 heterocycles. The van der Waals surface area contributed by atoms with Crippen LogP contribution in [0.3, 0.4) is 0 Å². The molecule has 1 fully saturated rings. The van der Waals surface area contributed by atoms with E-state index in [2.05, 4.69) is 25.6 Å². The van der Waals surface area contributed by atoms with E-state index in [1.54, 1.807) is 6.20 Å². The van der Waals surface area contributed by atoms with Crippen molar-refractivity contribution < 1.29 is 0 Å². The van der Waals surface area contributed by atoms with Gasteiger partial charge < -0.3 is 10.6 Å². The third-order valence-corrected chi connectivity index (χ3v) is 3.45. The lowest BCUT2D eigenvalue weighted by Gasteiger charge is -2.23. The molecule has 0 saturated carbocycles. The molecule has 5 nitrogen and oxygen atoms in total. The Bertz CT molecular complexity index is 564. The van der Waals surface area contributed by atoms with Crippen molar-refractivity contribution in [2.24, 2.45) is 0 Å². The summed E-state index contributed by atoms with van der Waals surface area (Å²) in [6, 6.07) is 8.14. The number of aryl methyl sites for hydroxylation is 1. The number of hydrogen-bond acceptors (Lipinski definition) is 5. The van der Waals surface area contributed by atoms with Crippen LogP contribution in [-0.2, 0) is 0 Å². The van der Waals surface area contributed by atoms with E-state index in [9.17, 15) is 0 Å². The van der Waals surface area contributed by atoms with Crippen LogP contribution in [0, 0.1) is 6.92 Å². The Labute approximate surface area is 118 Å². The fraction of sp³-hybridized carbons (Fsp3) is 0.400. The number of anilines is 2. The molecule has 0 unspecified atom stereocenters. The zero-order valence-electron chi connectivity index (χ0n) is 11.6. The maximum atomic E-state index is 4.57. The van der Waals surface area contributed by atoms with E-state index >= 15 is 0 Å². The highest BCUT2D eigenvalue weighted by Gasteiger charge is 2.17. The van der Waals surface area contributed by atoms with Crippen molar-refractivity contribution in [3.63, 3.8) is 0 Å². The van der Waals surface area contributed by atoms with Gasteiger partial charge in [-0.3, -0.25) is 0 Å². The predicted octanol–water partition coefficient (Wildman–Crippen LogP) is 2.74. The minimum absolute atomic E-state index is 0.342. The van der Waals surface area contributed by atoms with Crippen molar-refractivity contribution in [3.8, 4) is 0 Å². The zero-order valence-corrected chi connectivity index (χ0v) is 11.6. The number of piperidine rings is 1. The van der Waals surface area contributed by atoms with Crippen molar-refractivity contribution in [1.29, 1.82) is 0 Å². The fourth-order valence-electron chi connectivity index (χ4n) is 2.51. The molecule has 1 atom stereocenters. The molecule has 1 aliphatic heterocycles. The minimum Gasteiger partial charge on any atom is -0.325 e. The van der Waals surface area contributed by atoms with Gasteiger partial charge in [0.1, 0.15) is 17.5 Å². The van der Waals surface area contributed by atoms with E-state index in [-0.39, 0.29) is 0 Å². The van der Waals surface area contributed by atoms with Crippen LogP contribution in [0.15, 0.2) is 30.5 Å². The summed E-state index contributed by atoms with van der Waals surface area (Å²) in [6.45, 7) is 2.99. The minimum atomic E-state index is 0.342. The Morgan fingerprint density at radius 3 is 2.90 bits per heavy atom. The van der Waals surface area contributed by atoms with Gasteiger partial charge in [-0.1, -0.05) is 12.5 Å². The van der Waals surface area contributed by atoms with E-state index in [1.807, 2.05) is 31.2 Å². The van der Waals surface area contributed by atoms with E-state index in [4.69, 9.17) is 0 Å². The number of aromatic nitrogens is 3. The van der Waals surface area contributed by atoms with E-state index in [1.165, 1.54) is 12.8 Å². The zero-order chi connectivity index (χ0) is 13.8. The lowest BCUT2D eigenvalue weighted by Crippen LogP contribution is -2.27. The molecule has 0 aromatic carbocycles. The Kier molecular flexibility index (Phi) is 3.87. The molecule has 1 saturated heterocycles. The summed E-state index contributed by atoms with van der Waals surface area (Å²) in [4.78, 5) is 13.3. The third-order valence-electron chi connectivity index (χ3n) is 3.45. The average Bonchev–Trinajstić information content (AvgIpc) is 2.49. The highest BCUT2D eigenvalue weighted by atomic mass is 15.1. The topological polar surface area (TPSA) is 62.7 Å². The number of nitrogens with one attached hydrogen (secondary N) is 2. The first-order chi connectivity index (χ1) is 9.81. The lowest BCUT2D eigenvalue weighted by molar-refractivity contribution is 0.404. The normalized spacial score (nSPS) is 18.8. The number of rotatable bonds is 3. The molecule has 0 radical (unpaired) electrons. The van der Waals surface area contributed by atoms with Gasteiger partial charge in [0.05, 0.1) is 5.69 Å². The summed E-state index contributed by atoms with van der Waals surface area (Å²) in [7, 11) is 0. The predicted molar refractivity (Wildman–Crippen MR) is 78.9 cm³/mol. The third kappa shape index (κ3) is 3.11. The van der Waals surface area contributed by atoms with Crippen LogP contribution in [0.1, 0.15) is 36.8 Å². The second-order valence-corrected chi connectivity index (χ2v) is 5.07. The summed E-state index contributed by atoms with van der Waals surface area (Å²) < 4.78 is 0. The van der Waals surface area contributed by atoms with Crippen LogP contribution >= 0.6 is 0 Å². The fourth-order valence-corrected chi connectivity index (χ4v) is 2.51. The molecule has 20 heavy (non-hydrogen) atoms. The molecule has 0 amide bonds. The van der Waals surface area contributed by atoms with Crippen molar-refractivity contribution in [3.05, 3.63) is 42.0 Å². The summed E-state index contributed by atoms with van der Waals surface area (Å²) in [5, 5.41) is 6.75. The first-order valence-electron chi connectivity index (χ1n) is 7.08. The van der Waals surface area contributed by atoms with Crippen molar-refractivity contribution in [2.45, 2.75) is 32.2 Å². The molecule has 0 aliphatic carbocycles. The molecule has 3 rings (SSSR count). The SMILES string of the molecule is Cc1nc(Nc2ccccn2)cc([C@H]2CCCCN2)n1. The Morgan fingerprint density at radius 1 is 1.20 bits per heavy atom. The Balaban J connectivity index is 1.82. The quantitative estimate of drug-likeness (QED) is 0.897. The molecule has 2 N–H and O–H groups in total. The van der Waals surface area contributed by atoms with Gasteiger partial charge in [-0.2, -0.15) is 0 Å². The Hall–Kier alpha value is -2.01. The molecular formula is C15H19N5. The van der Waals surface area contributed by atoms with Gasteiger partial charge in [0.15, 0.2) is 0 Å². The lowest BCUT2D eigenvalue weighted by atomic mass is 10.0. The highest BCUT2D eigenvalue weighted by molar-refractivity contribution is 5.51. The number of hydrogen-bond donors (Lipinski definition) is 2. The van der Waals surface area contributed by atoms with Crippen LogP contribution in [0.25, 0.3) is 0 Å². The number of nitrogens with zero attached hydrogens (tertiary/aromatic N) is 3. The summed E-state index contributed by atoms with van der Waals surface area (Å²) in [5.41, 5.74) is 1.07. The molecule has 0 bridgehead atoms. The van der Waals surface area contributed by atoms with Crippen LogP contribution in [0.5, 0.6) is 0 Å². The first kappa shape index (κ1) is 13.0. The van der Waals surface area contributed by atoms with Crippen LogP contribution < -0.4 is 10.6 Å². The maximum absolute atomic E-state index is 4.57. The first-order valence-corrected chi connectivity index (χ1v) is 7.08. The molecule has 2 aromatic heterocycles. The standard InChI is InChI=1S/C15H19N5/c1-11-18-13(12-6-2-4-8-16-12)10-15(19-11)20-14-7-3-5-9-17-14/h3,5,7,9-10,12,16H,2,4,6,8H2,1H3,(H,17,18,19,20)/t12-/m1/s1. The van der Waals surface area contributed by atoms with E-state index < -0.39 is 0 Å². The Morgan fingerprint density at radius 2 is 2.15 bits per heavy atom. The molecular weight excluding hydrogens is 250 g/mol. The molecule has 5 heteroatoms. The monoisotopic (exact) mass is 269 g/mol. The summed E-state index contributed by atoms with van der Waals surface area (Å²) in [5.74, 6) is 2.39. The smallest absolute Gasteiger partial charge is 0.135 e. The summed E-state index contributed by atoms with van der Waals surface area (Å²) in [6.07, 6.45) is 5.41. The molecule has 0 spiro atoms. The van der Waals surface area contributed by atoms with Gasteiger partial charge in [0.25, 0.3) is 0 Å². The highest BCUT2D eigenvalue weighted by Crippen LogP contribution is 2.23. The van der Waals surface area contributed by atoms with E-state index in [0.29, 0.717) is 6.04 Å². The van der Waals surface area contributed by atoms with Gasteiger partial charge in [0, 0.05) is 18.3 Å². The van der Waals surface area contributed by atoms with Gasteiger partial charge >= 0.3 is 0 Å². The van der Waals surface area contributed by atoms with E-state index in [0.717, 1.165) is 36.1 Å². The van der Waals surface area contributed by atoms with Crippen LogP contribution in [-0.4, -0.2) is 21.5 Å². The number of pyridine rings is 1. The van der Waals surface area contributed by atoms with Crippen molar-refractivity contribution in [1.82, 2.24) is 20.3 Å². The van der Waals surface area contributed by atoms with Crippen LogP contribution in [0.4, 0.5) is 11.6 Å². The average molecular weight is 269 g/mol. The molecule has 1 aliphatic rings. The van der Waals surface area contributed by atoms with Crippen molar-refractivity contribution in [2.75, 3.05) is 11.9 Å².